The van der Waals surface area contributed by atoms with Crippen molar-refractivity contribution in [3.8, 4) is 5.75 Å². The van der Waals surface area contributed by atoms with E-state index in [2.05, 4.69) is 50.3 Å². The number of halogens is 1. The fourth-order valence-corrected chi connectivity index (χ4v) is 5.41. The summed E-state index contributed by atoms with van der Waals surface area (Å²) in [5.74, 6) is 1.14. The molecule has 10 heteroatoms. The first-order valence-electron chi connectivity index (χ1n) is 11.9. The number of aromatic nitrogens is 3. The number of nitrogens with one attached hydrogen (secondary N) is 2. The lowest BCUT2D eigenvalue weighted by Crippen LogP contribution is -2.36. The van der Waals surface area contributed by atoms with Crippen molar-refractivity contribution in [3.63, 3.8) is 0 Å². The lowest BCUT2D eigenvalue weighted by Gasteiger charge is -2.15. The van der Waals surface area contributed by atoms with Crippen LogP contribution in [0.25, 0.3) is 0 Å². The molecule has 0 radical (unpaired) electrons. The first kappa shape index (κ1) is 28.0. The second kappa shape index (κ2) is 13.1. The van der Waals surface area contributed by atoms with E-state index < -0.39 is 6.10 Å². The molecule has 1 aromatic heterocycles. The van der Waals surface area contributed by atoms with Crippen molar-refractivity contribution in [2.24, 2.45) is 0 Å². The molecule has 0 aliphatic rings. The number of carbonyl (C=O) groups is 2. The van der Waals surface area contributed by atoms with Crippen LogP contribution in [0.15, 0.2) is 41.6 Å². The van der Waals surface area contributed by atoms with Crippen molar-refractivity contribution < 1.29 is 14.3 Å². The van der Waals surface area contributed by atoms with Gasteiger partial charge in [0.15, 0.2) is 17.1 Å². The summed E-state index contributed by atoms with van der Waals surface area (Å²) in [7, 11) is 0. The van der Waals surface area contributed by atoms with Gasteiger partial charge in [0.1, 0.15) is 5.75 Å². The molecule has 8 nitrogen and oxygen atoms in total. The van der Waals surface area contributed by atoms with E-state index in [-0.39, 0.29) is 24.1 Å². The molecule has 0 unspecified atom stereocenters. The average molecular weight is 622 g/mol. The van der Waals surface area contributed by atoms with Gasteiger partial charge in [0.25, 0.3) is 5.91 Å². The summed E-state index contributed by atoms with van der Waals surface area (Å²) < 4.78 is 8.79. The van der Waals surface area contributed by atoms with Gasteiger partial charge in [-0.3, -0.25) is 9.59 Å². The number of nitrogens with zero attached hydrogens (tertiary/aromatic N) is 3. The zero-order valence-electron chi connectivity index (χ0n) is 21.2. The molecule has 3 rings (SSSR count). The predicted octanol–water partition coefficient (Wildman–Crippen LogP) is 4.90. The molecule has 0 fully saturated rings. The molecular formula is C26H32IN5O3S. The Labute approximate surface area is 230 Å². The van der Waals surface area contributed by atoms with E-state index in [4.69, 9.17) is 4.74 Å². The summed E-state index contributed by atoms with van der Waals surface area (Å²) in [4.78, 5) is 25.2. The van der Waals surface area contributed by atoms with Crippen molar-refractivity contribution in [2.75, 3.05) is 11.1 Å². The summed E-state index contributed by atoms with van der Waals surface area (Å²) in [6, 6.07) is 11.8. The van der Waals surface area contributed by atoms with Gasteiger partial charge in [-0.15, -0.1) is 10.2 Å². The maximum Gasteiger partial charge on any atom is 0.261 e. The third kappa shape index (κ3) is 7.45. The summed E-state index contributed by atoms with van der Waals surface area (Å²) in [6.45, 7) is 10.6. The molecule has 2 aromatic carbocycles. The molecule has 36 heavy (non-hydrogen) atoms. The molecule has 2 N–H and O–H groups in total. The normalized spacial score (nSPS) is 11.7. The average Bonchev–Trinajstić information content (AvgIpc) is 3.25. The van der Waals surface area contributed by atoms with Crippen LogP contribution in [0.5, 0.6) is 5.75 Å². The van der Waals surface area contributed by atoms with E-state index in [1.165, 1.54) is 17.3 Å². The molecule has 2 amide bonds. The van der Waals surface area contributed by atoms with E-state index >= 15 is 0 Å². The van der Waals surface area contributed by atoms with E-state index in [0.29, 0.717) is 23.3 Å². The standard InChI is InChI=1S/C26H32IN5O3S/c1-6-19-8-10-21(11-9-19)35-18(5)25(34)28-14-22-30-31-26(32(22)7-2)36-15-23(33)29-24-16(3)12-20(27)13-17(24)4/h8-13,18H,6-7,14-15H2,1-5H3,(H,28,34)(H,29,33)/t18-/m1/s1. The van der Waals surface area contributed by atoms with Crippen molar-refractivity contribution in [1.82, 2.24) is 20.1 Å². The highest BCUT2D eigenvalue weighted by Crippen LogP contribution is 2.24. The molecular weight excluding hydrogens is 589 g/mol. The summed E-state index contributed by atoms with van der Waals surface area (Å²) in [6.07, 6.45) is 0.298. The number of anilines is 1. The third-order valence-corrected chi connectivity index (χ3v) is 7.23. The Bertz CT molecular complexity index is 1190. The molecule has 192 valence electrons. The molecule has 3 aromatic rings. The maximum absolute atomic E-state index is 12.6. The minimum Gasteiger partial charge on any atom is -0.481 e. The van der Waals surface area contributed by atoms with Gasteiger partial charge in [-0.05, 0) is 97.7 Å². The Morgan fingerprint density at radius 2 is 1.78 bits per heavy atom. The predicted molar refractivity (Wildman–Crippen MR) is 151 cm³/mol. The quantitative estimate of drug-likeness (QED) is 0.234. The smallest absolute Gasteiger partial charge is 0.261 e. The van der Waals surface area contributed by atoms with Crippen LogP contribution >= 0.6 is 34.4 Å². The van der Waals surface area contributed by atoms with Gasteiger partial charge in [-0.2, -0.15) is 0 Å². The summed E-state index contributed by atoms with van der Waals surface area (Å²) in [5, 5.41) is 15.0. The van der Waals surface area contributed by atoms with E-state index in [1.807, 2.05) is 61.7 Å². The van der Waals surface area contributed by atoms with Gasteiger partial charge in [-0.1, -0.05) is 30.8 Å². The lowest BCUT2D eigenvalue weighted by atomic mass is 10.1. The Balaban J connectivity index is 1.53. The highest BCUT2D eigenvalue weighted by atomic mass is 127. The zero-order valence-corrected chi connectivity index (χ0v) is 24.2. The SMILES string of the molecule is CCc1ccc(O[C@H](C)C(=O)NCc2nnc(SCC(=O)Nc3c(C)cc(I)cc3C)n2CC)cc1. The van der Waals surface area contributed by atoms with Gasteiger partial charge in [-0.25, -0.2) is 0 Å². The minimum atomic E-state index is -0.652. The number of hydrogen-bond donors (Lipinski definition) is 2. The van der Waals surface area contributed by atoms with Crippen LogP contribution in [0, 0.1) is 17.4 Å². The number of benzene rings is 2. The molecule has 0 spiro atoms. The van der Waals surface area contributed by atoms with Gasteiger partial charge < -0.3 is 19.9 Å². The van der Waals surface area contributed by atoms with Gasteiger partial charge in [0.05, 0.1) is 12.3 Å². The van der Waals surface area contributed by atoms with E-state index in [1.54, 1.807) is 6.92 Å². The Hall–Kier alpha value is -2.60. The molecule has 0 aliphatic heterocycles. The second-order valence-electron chi connectivity index (χ2n) is 8.37. The van der Waals surface area contributed by atoms with Crippen molar-refractivity contribution >= 4 is 51.9 Å². The highest BCUT2D eigenvalue weighted by Gasteiger charge is 2.18. The van der Waals surface area contributed by atoms with Crippen LogP contribution < -0.4 is 15.4 Å². The van der Waals surface area contributed by atoms with E-state index in [0.717, 1.165) is 26.8 Å². The van der Waals surface area contributed by atoms with Crippen molar-refractivity contribution in [2.45, 2.75) is 65.4 Å². The number of carbonyl (C=O) groups excluding carboxylic acids is 2. The van der Waals surface area contributed by atoms with E-state index in [9.17, 15) is 9.59 Å². The van der Waals surface area contributed by atoms with Gasteiger partial charge in [0, 0.05) is 15.8 Å². The van der Waals surface area contributed by atoms with Crippen molar-refractivity contribution in [3.05, 3.63) is 62.5 Å². The Kier molecular flexibility index (Phi) is 10.2. The molecule has 0 saturated heterocycles. The van der Waals surface area contributed by atoms with Crippen LogP contribution in [-0.2, 0) is 29.1 Å². The fourth-order valence-electron chi connectivity index (χ4n) is 3.66. The minimum absolute atomic E-state index is 0.106. The number of aryl methyl sites for hydroxylation is 3. The zero-order chi connectivity index (χ0) is 26.2. The number of hydrogen-bond acceptors (Lipinski definition) is 6. The number of rotatable bonds is 11. The first-order chi connectivity index (χ1) is 17.2. The molecule has 0 bridgehead atoms. The van der Waals surface area contributed by atoms with Crippen LogP contribution in [-0.4, -0.2) is 38.4 Å². The monoisotopic (exact) mass is 621 g/mol. The lowest BCUT2D eigenvalue weighted by molar-refractivity contribution is -0.127. The first-order valence-corrected chi connectivity index (χ1v) is 13.9. The van der Waals surface area contributed by atoms with Crippen LogP contribution in [0.4, 0.5) is 5.69 Å². The molecule has 0 saturated carbocycles. The largest absolute Gasteiger partial charge is 0.481 e. The number of amides is 2. The summed E-state index contributed by atoms with van der Waals surface area (Å²) >= 11 is 3.59. The highest BCUT2D eigenvalue weighted by molar-refractivity contribution is 14.1. The van der Waals surface area contributed by atoms with Gasteiger partial charge in [0.2, 0.25) is 5.91 Å². The van der Waals surface area contributed by atoms with Crippen LogP contribution in [0.1, 0.15) is 43.3 Å². The molecule has 1 atom stereocenters. The summed E-state index contributed by atoms with van der Waals surface area (Å²) in [5.41, 5.74) is 4.12. The molecule has 1 heterocycles. The van der Waals surface area contributed by atoms with Gasteiger partial charge >= 0.3 is 0 Å². The van der Waals surface area contributed by atoms with Crippen molar-refractivity contribution in [1.29, 1.82) is 0 Å². The van der Waals surface area contributed by atoms with Crippen LogP contribution in [0.3, 0.4) is 0 Å². The van der Waals surface area contributed by atoms with Crippen LogP contribution in [0.2, 0.25) is 0 Å². The number of ether oxygens (including phenoxy) is 1. The molecule has 0 aliphatic carbocycles. The topological polar surface area (TPSA) is 98.1 Å². The Morgan fingerprint density at radius 1 is 1.11 bits per heavy atom. The fraction of sp³-hybridized carbons (Fsp3) is 0.385. The maximum atomic E-state index is 12.6. The number of thioether (sulfide) groups is 1. The second-order valence-corrected chi connectivity index (χ2v) is 10.6. The third-order valence-electron chi connectivity index (χ3n) is 5.64. The Morgan fingerprint density at radius 3 is 2.39 bits per heavy atom.